The van der Waals surface area contributed by atoms with E-state index in [2.05, 4.69) is 22.0 Å². The van der Waals surface area contributed by atoms with Gasteiger partial charge in [0.05, 0.1) is 17.2 Å². The summed E-state index contributed by atoms with van der Waals surface area (Å²) in [5.41, 5.74) is -0.643. The maximum Gasteiger partial charge on any atom is 0.417 e. The Kier molecular flexibility index (Phi) is 11.2. The number of allylic oxidation sites excluding steroid dienone is 2. The second-order valence-corrected chi connectivity index (χ2v) is 7.17. The largest absolute Gasteiger partial charge is 0.490 e. The van der Waals surface area contributed by atoms with Crippen LogP contribution in [-0.4, -0.2) is 79.4 Å². The molecule has 0 bridgehead atoms. The maximum atomic E-state index is 12.8. The quantitative estimate of drug-likeness (QED) is 0.222. The van der Waals surface area contributed by atoms with Gasteiger partial charge in [0.1, 0.15) is 12.4 Å². The highest BCUT2D eigenvalue weighted by atomic mass is 19.4. The van der Waals surface area contributed by atoms with Crippen molar-refractivity contribution in [1.82, 2.24) is 15.1 Å². The number of guanidine groups is 1. The van der Waals surface area contributed by atoms with E-state index < -0.39 is 29.7 Å². The summed E-state index contributed by atoms with van der Waals surface area (Å²) >= 11 is 0. The number of carboxylic acids is 1. The molecule has 1 aromatic rings. The lowest BCUT2D eigenvalue weighted by molar-refractivity contribution is -0.141. The molecule has 0 saturated heterocycles. The SMILES string of the molecule is C=N/C=C(\C=C/COc1ccc(N=C(NC(=O)N(C)C[C@H](C)C(=O)O)N(C)C=O)cc1)C(F)(F)F. The average Bonchev–Trinajstić information content (AvgIpc) is 2.80. The van der Waals surface area contributed by atoms with Crippen LogP contribution >= 0.6 is 0 Å². The summed E-state index contributed by atoms with van der Waals surface area (Å²) < 4.78 is 43.6. The molecule has 0 fully saturated rings. The van der Waals surface area contributed by atoms with Crippen molar-refractivity contribution in [2.75, 3.05) is 27.2 Å². The number of carbonyl (C=O) groups excluding carboxylic acids is 2. The number of hydrogen-bond donors (Lipinski definition) is 2. The van der Waals surface area contributed by atoms with Crippen LogP contribution in [0.5, 0.6) is 5.75 Å². The lowest BCUT2D eigenvalue weighted by Crippen LogP contribution is -2.48. The number of ether oxygens (including phenoxy) is 1. The van der Waals surface area contributed by atoms with Gasteiger partial charge < -0.3 is 14.7 Å². The van der Waals surface area contributed by atoms with Crippen LogP contribution in [0, 0.1) is 5.92 Å². The van der Waals surface area contributed by atoms with Crippen LogP contribution < -0.4 is 10.1 Å². The average molecular weight is 497 g/mol. The number of hydrogen-bond acceptors (Lipinski definition) is 6. The third-order valence-corrected chi connectivity index (χ3v) is 4.30. The minimum atomic E-state index is -4.57. The topological polar surface area (TPSA) is 124 Å². The second kappa shape index (κ2) is 13.5. The Morgan fingerprint density at radius 1 is 1.26 bits per heavy atom. The van der Waals surface area contributed by atoms with Crippen molar-refractivity contribution < 1.29 is 37.4 Å². The van der Waals surface area contributed by atoms with Crippen molar-refractivity contribution in [2.24, 2.45) is 15.9 Å². The first-order valence-corrected chi connectivity index (χ1v) is 10.0. The fraction of sp³-hybridized carbons (Fsp3) is 0.318. The van der Waals surface area contributed by atoms with E-state index in [1.807, 2.05) is 0 Å². The molecule has 0 saturated carbocycles. The molecule has 35 heavy (non-hydrogen) atoms. The van der Waals surface area contributed by atoms with Crippen LogP contribution in [0.2, 0.25) is 0 Å². The Balaban J connectivity index is 2.86. The monoisotopic (exact) mass is 497 g/mol. The van der Waals surface area contributed by atoms with Crippen molar-refractivity contribution in [3.05, 3.63) is 48.2 Å². The number of carboxylic acid groups (broad SMARTS) is 1. The van der Waals surface area contributed by atoms with E-state index in [9.17, 15) is 27.6 Å². The van der Waals surface area contributed by atoms with Gasteiger partial charge in [0.25, 0.3) is 0 Å². The summed E-state index contributed by atoms with van der Waals surface area (Å²) in [6.45, 7) is 4.24. The number of urea groups is 1. The molecule has 10 nitrogen and oxygen atoms in total. The Morgan fingerprint density at radius 3 is 2.40 bits per heavy atom. The first kappa shape index (κ1) is 28.9. The van der Waals surface area contributed by atoms with Crippen molar-refractivity contribution in [1.29, 1.82) is 0 Å². The van der Waals surface area contributed by atoms with Gasteiger partial charge in [-0.3, -0.25) is 24.8 Å². The molecule has 0 aromatic heterocycles. The number of alkyl halides is 3. The lowest BCUT2D eigenvalue weighted by atomic mass is 10.2. The summed E-state index contributed by atoms with van der Waals surface area (Å²) in [5.74, 6) is -1.64. The van der Waals surface area contributed by atoms with Gasteiger partial charge in [0.15, 0.2) is 0 Å². The lowest BCUT2D eigenvalue weighted by Gasteiger charge is -2.22. The number of amides is 3. The predicted octanol–water partition coefficient (Wildman–Crippen LogP) is 3.21. The zero-order valence-corrected chi connectivity index (χ0v) is 19.3. The molecule has 0 unspecified atom stereocenters. The molecular weight excluding hydrogens is 471 g/mol. The number of carbonyl (C=O) groups is 3. The molecule has 0 spiro atoms. The van der Waals surface area contributed by atoms with Crippen molar-refractivity contribution in [2.45, 2.75) is 13.1 Å². The van der Waals surface area contributed by atoms with Gasteiger partial charge in [-0.05, 0) is 43.1 Å². The van der Waals surface area contributed by atoms with E-state index in [4.69, 9.17) is 9.84 Å². The normalized spacial score (nSPS) is 13.2. The minimum absolute atomic E-state index is 0.0654. The number of halogens is 3. The third kappa shape index (κ3) is 10.1. The van der Waals surface area contributed by atoms with Crippen LogP contribution in [0.1, 0.15) is 6.92 Å². The molecule has 13 heteroatoms. The Labute approximate surface area is 200 Å². The molecule has 190 valence electrons. The van der Waals surface area contributed by atoms with E-state index in [-0.39, 0.29) is 19.1 Å². The zero-order valence-electron chi connectivity index (χ0n) is 19.3. The van der Waals surface area contributed by atoms with Gasteiger partial charge in [-0.1, -0.05) is 6.92 Å². The Hall–Kier alpha value is -4.16. The molecule has 0 heterocycles. The van der Waals surface area contributed by atoms with Crippen LogP contribution in [0.3, 0.4) is 0 Å². The molecule has 3 amide bonds. The fourth-order valence-electron chi connectivity index (χ4n) is 2.38. The summed E-state index contributed by atoms with van der Waals surface area (Å²) in [7, 11) is 2.76. The standard InChI is InChI=1S/C22H26F3N5O5/c1-15(19(32)33)13-29(3)21(34)28-20(30(4)14-31)27-17-7-9-18(10-8-17)35-11-5-6-16(12-26-2)22(23,24)25/h5-10,12,14-15H,2,11,13H2,1,3-4H3,(H,32,33)(H,27,28,34)/b6-5-,16-12+/t15-/m0/s1. The van der Waals surface area contributed by atoms with E-state index in [0.717, 1.165) is 15.9 Å². The zero-order chi connectivity index (χ0) is 26.6. The number of benzene rings is 1. The molecule has 1 rings (SSSR count). The van der Waals surface area contributed by atoms with Gasteiger partial charge in [-0.15, -0.1) is 0 Å². The molecule has 2 N–H and O–H groups in total. The van der Waals surface area contributed by atoms with Gasteiger partial charge in [-0.25, -0.2) is 9.79 Å². The van der Waals surface area contributed by atoms with Crippen molar-refractivity contribution >= 4 is 36.8 Å². The summed E-state index contributed by atoms with van der Waals surface area (Å²) in [4.78, 5) is 44.0. The number of nitrogens with zero attached hydrogens (tertiary/aromatic N) is 4. The summed E-state index contributed by atoms with van der Waals surface area (Å²) in [6.07, 6.45) is -1.55. The maximum absolute atomic E-state index is 12.8. The summed E-state index contributed by atoms with van der Waals surface area (Å²) in [6, 6.07) is 5.33. The molecule has 1 aromatic carbocycles. The van der Waals surface area contributed by atoms with Crippen LogP contribution in [0.15, 0.2) is 58.2 Å². The van der Waals surface area contributed by atoms with Gasteiger partial charge in [0.2, 0.25) is 12.4 Å². The van der Waals surface area contributed by atoms with Gasteiger partial charge in [0, 0.05) is 26.8 Å². The smallest absolute Gasteiger partial charge is 0.417 e. The van der Waals surface area contributed by atoms with Gasteiger partial charge in [-0.2, -0.15) is 13.2 Å². The Bertz CT molecular complexity index is 990. The Morgan fingerprint density at radius 2 is 1.89 bits per heavy atom. The number of nitrogens with one attached hydrogen (secondary N) is 1. The van der Waals surface area contributed by atoms with Crippen LogP contribution in [0.4, 0.5) is 23.7 Å². The third-order valence-electron chi connectivity index (χ3n) is 4.30. The minimum Gasteiger partial charge on any atom is -0.490 e. The second-order valence-electron chi connectivity index (χ2n) is 7.17. The highest BCUT2D eigenvalue weighted by Gasteiger charge is 2.31. The molecule has 0 aliphatic heterocycles. The van der Waals surface area contributed by atoms with Crippen molar-refractivity contribution in [3.8, 4) is 5.75 Å². The fourth-order valence-corrected chi connectivity index (χ4v) is 2.38. The van der Waals surface area contributed by atoms with E-state index in [0.29, 0.717) is 24.0 Å². The summed E-state index contributed by atoms with van der Waals surface area (Å²) in [5, 5.41) is 11.4. The molecule has 0 radical (unpaired) electrons. The number of aliphatic imine (C=N–C) groups is 2. The first-order chi connectivity index (χ1) is 16.4. The molecule has 0 aliphatic carbocycles. The van der Waals surface area contributed by atoms with E-state index >= 15 is 0 Å². The molecule has 1 atom stereocenters. The highest BCUT2D eigenvalue weighted by molar-refractivity contribution is 6.01. The molecular formula is C22H26F3N5O5. The van der Waals surface area contributed by atoms with E-state index in [1.165, 1.54) is 51.4 Å². The number of rotatable bonds is 10. The first-order valence-electron chi connectivity index (χ1n) is 10.0. The van der Waals surface area contributed by atoms with E-state index in [1.54, 1.807) is 0 Å². The van der Waals surface area contributed by atoms with Crippen LogP contribution in [0.25, 0.3) is 0 Å². The number of aliphatic carboxylic acids is 1. The van der Waals surface area contributed by atoms with Gasteiger partial charge >= 0.3 is 18.2 Å². The highest BCUT2D eigenvalue weighted by Crippen LogP contribution is 2.26. The van der Waals surface area contributed by atoms with Crippen LogP contribution in [-0.2, 0) is 9.59 Å². The predicted molar refractivity (Wildman–Crippen MR) is 124 cm³/mol. The molecule has 0 aliphatic rings. The van der Waals surface area contributed by atoms with Crippen molar-refractivity contribution in [3.63, 3.8) is 0 Å².